The van der Waals surface area contributed by atoms with Gasteiger partial charge in [-0.2, -0.15) is 0 Å². The van der Waals surface area contributed by atoms with Crippen molar-refractivity contribution >= 4 is 27.2 Å². The molecule has 0 aliphatic rings. The normalized spacial score (nSPS) is 14.8. The molecule has 0 radical (unpaired) electrons. The molecule has 19 heavy (non-hydrogen) atoms. The summed E-state index contributed by atoms with van der Waals surface area (Å²) < 4.78 is 7.99. The predicted octanol–water partition coefficient (Wildman–Crippen LogP) is 6.57. The van der Waals surface area contributed by atoms with E-state index >= 15 is 0 Å². The van der Waals surface area contributed by atoms with Crippen molar-refractivity contribution in [2.24, 2.45) is 0 Å². The summed E-state index contributed by atoms with van der Waals surface area (Å²) in [6.07, 6.45) is 2.58. The Hall–Kier alpha value is 1.05. The second-order valence-corrected chi connectivity index (χ2v) is 30.2. The number of rotatable bonds is 6. The third kappa shape index (κ3) is 5.07. The first-order chi connectivity index (χ1) is 8.33. The molecule has 0 saturated carbocycles. The van der Waals surface area contributed by atoms with Gasteiger partial charge in [0, 0.05) is 0 Å². The number of hydrogen-bond donors (Lipinski definition) is 0. The molecule has 0 aromatic heterocycles. The average Bonchev–Trinajstić information content (AvgIpc) is 2.13. The van der Waals surface area contributed by atoms with E-state index in [1.807, 2.05) is 0 Å². The second kappa shape index (κ2) is 6.87. The molecule has 1 nitrogen and oxygen atoms in total. The van der Waals surface area contributed by atoms with Crippen molar-refractivity contribution in [3.8, 4) is 0 Å². The third-order valence-electron chi connectivity index (χ3n) is 4.93. The zero-order valence-corrected chi connectivity index (χ0v) is 19.4. The van der Waals surface area contributed by atoms with Crippen LogP contribution < -0.4 is 0 Å². The fraction of sp³-hybridized carbons (Fsp3) is 1.00. The molecule has 3 heteroatoms. The second-order valence-electron chi connectivity index (χ2n) is 8.61. The molecule has 0 amide bonds. The number of hydrogen-bond acceptors (Lipinski definition) is 1. The van der Waals surface area contributed by atoms with E-state index in [9.17, 15) is 0 Å². The van der Waals surface area contributed by atoms with Gasteiger partial charge >= 0.3 is 129 Å². The molecule has 0 aromatic rings. The molecule has 0 aliphatic carbocycles. The summed E-state index contributed by atoms with van der Waals surface area (Å²) in [5.74, 6) is 4.97. The van der Waals surface area contributed by atoms with Gasteiger partial charge in [0.05, 0.1) is 0 Å². The summed E-state index contributed by atoms with van der Waals surface area (Å²) in [7, 11) is 0. The Labute approximate surface area is 128 Å². The van der Waals surface area contributed by atoms with Gasteiger partial charge in [0.25, 0.3) is 0 Å². The molecule has 0 fully saturated rings. The van der Waals surface area contributed by atoms with Crippen molar-refractivity contribution in [1.29, 1.82) is 0 Å². The van der Waals surface area contributed by atoms with Crippen LogP contribution in [0.1, 0.15) is 68.2 Å². The third-order valence-corrected chi connectivity index (χ3v) is 35.4. The first-order valence-corrected chi connectivity index (χ1v) is 19.0. The van der Waals surface area contributed by atoms with E-state index in [4.69, 9.17) is 2.79 Å². The Morgan fingerprint density at radius 3 is 1.32 bits per heavy atom. The molecule has 0 rings (SSSR count). The van der Waals surface area contributed by atoms with Crippen LogP contribution in [0.25, 0.3) is 0 Å². The summed E-state index contributed by atoms with van der Waals surface area (Å²) >= 11 is -4.46. The molecule has 0 N–H and O–H groups in total. The van der Waals surface area contributed by atoms with Crippen molar-refractivity contribution in [2.75, 3.05) is 0 Å². The Morgan fingerprint density at radius 1 is 0.737 bits per heavy atom. The van der Waals surface area contributed by atoms with Crippen LogP contribution in [-0.2, 0) is 2.79 Å². The summed E-state index contributed by atoms with van der Waals surface area (Å²) in [6, 6.07) is 0. The van der Waals surface area contributed by atoms with Crippen molar-refractivity contribution in [2.45, 2.75) is 98.7 Å². The van der Waals surface area contributed by atoms with Crippen LogP contribution in [0, 0.1) is 0 Å². The molecular formula is C16H38Ge2O. The van der Waals surface area contributed by atoms with Gasteiger partial charge in [0.2, 0.25) is 0 Å². The van der Waals surface area contributed by atoms with Gasteiger partial charge < -0.3 is 0 Å². The minimum atomic E-state index is -2.26. The fourth-order valence-corrected chi connectivity index (χ4v) is 33.0. The molecule has 0 atom stereocenters. The van der Waals surface area contributed by atoms with Crippen LogP contribution in [-0.4, -0.2) is 27.2 Å². The monoisotopic (exact) mass is 394 g/mol. The topological polar surface area (TPSA) is 9.23 Å². The van der Waals surface area contributed by atoms with E-state index in [1.54, 1.807) is 0 Å². The van der Waals surface area contributed by atoms with Crippen molar-refractivity contribution in [3.05, 3.63) is 0 Å². The van der Waals surface area contributed by atoms with Gasteiger partial charge in [-0.05, 0) is 0 Å². The Kier molecular flexibility index (Phi) is 7.25. The molecule has 0 heterocycles. The Balaban J connectivity index is 5.48. The molecule has 0 aromatic carbocycles. The van der Waals surface area contributed by atoms with Crippen LogP contribution in [0.2, 0.25) is 30.5 Å². The van der Waals surface area contributed by atoms with E-state index in [2.05, 4.69) is 66.9 Å². The van der Waals surface area contributed by atoms with Crippen molar-refractivity contribution in [3.63, 3.8) is 0 Å². The zero-order chi connectivity index (χ0) is 15.5. The van der Waals surface area contributed by atoms with E-state index in [1.165, 1.54) is 23.3 Å². The van der Waals surface area contributed by atoms with E-state index < -0.39 is 27.2 Å². The molecule has 0 unspecified atom stereocenters. The van der Waals surface area contributed by atoms with Crippen LogP contribution in [0.15, 0.2) is 0 Å². The first kappa shape index (κ1) is 20.0. The van der Waals surface area contributed by atoms with Gasteiger partial charge in [-0.15, -0.1) is 0 Å². The van der Waals surface area contributed by atoms with Crippen molar-refractivity contribution in [1.82, 2.24) is 0 Å². The van der Waals surface area contributed by atoms with Crippen LogP contribution in [0.4, 0.5) is 0 Å². The zero-order valence-electron chi connectivity index (χ0n) is 15.2. The Morgan fingerprint density at radius 2 is 1.11 bits per heavy atom. The summed E-state index contributed by atoms with van der Waals surface area (Å²) in [4.78, 5) is 0. The molecule has 0 aliphatic heterocycles. The molecule has 0 saturated heterocycles. The molecule has 0 bridgehead atoms. The quantitative estimate of drug-likeness (QED) is 0.465. The van der Waals surface area contributed by atoms with E-state index in [-0.39, 0.29) is 0 Å². The fourth-order valence-electron chi connectivity index (χ4n) is 2.58. The minimum absolute atomic E-state index is 0.378. The van der Waals surface area contributed by atoms with Gasteiger partial charge in [-0.25, -0.2) is 0 Å². The van der Waals surface area contributed by atoms with E-state index in [0.717, 1.165) is 0 Å². The maximum absolute atomic E-state index is 7.21. The maximum atomic E-state index is 7.21. The molecule has 0 spiro atoms. The van der Waals surface area contributed by atoms with Gasteiger partial charge in [-0.3, -0.25) is 0 Å². The van der Waals surface area contributed by atoms with Crippen LogP contribution in [0.3, 0.4) is 0 Å². The van der Waals surface area contributed by atoms with Crippen LogP contribution in [0.5, 0.6) is 0 Å². The average molecular weight is 392 g/mol. The first-order valence-electron chi connectivity index (χ1n) is 8.03. The van der Waals surface area contributed by atoms with Gasteiger partial charge in [-0.1, -0.05) is 0 Å². The van der Waals surface area contributed by atoms with Gasteiger partial charge in [0.15, 0.2) is 0 Å². The summed E-state index contributed by atoms with van der Waals surface area (Å²) in [6.45, 7) is 19.2. The molecular weight excluding hydrogens is 353 g/mol. The Bertz CT molecular complexity index is 265. The van der Waals surface area contributed by atoms with Crippen molar-refractivity contribution < 1.29 is 2.79 Å². The van der Waals surface area contributed by atoms with Gasteiger partial charge in [0.1, 0.15) is 0 Å². The molecule has 116 valence electrons. The summed E-state index contributed by atoms with van der Waals surface area (Å²) in [5.41, 5.74) is 0. The standard InChI is InChI=1S/C16H38Ge2O/c1-11-13-18(14-12-2,16(6,7)8)19-17(9,10)15(3,4)5/h11-14H2,1-10H3. The van der Waals surface area contributed by atoms with Crippen LogP contribution >= 0.6 is 0 Å². The SMILES string of the molecule is CC[CH2][Ge]([CH2]CC)([O][Ge]([CH3])([CH3])[C](C)(C)C)[C](C)(C)C. The van der Waals surface area contributed by atoms with E-state index in [0.29, 0.717) is 8.49 Å². The summed E-state index contributed by atoms with van der Waals surface area (Å²) in [5, 5.41) is 2.75. The predicted molar refractivity (Wildman–Crippen MR) is 93.9 cm³/mol.